The monoisotopic (exact) mass is 593 g/mol. The molecule has 0 heterocycles. The Hall–Kier alpha value is -4.82. The molecule has 0 saturated carbocycles. The molecule has 0 aliphatic heterocycles. The van der Waals surface area contributed by atoms with Gasteiger partial charge in [-0.25, -0.2) is 0 Å². The second kappa shape index (κ2) is 14.9. The highest BCUT2D eigenvalue weighted by molar-refractivity contribution is 8.00. The fourth-order valence-corrected chi connectivity index (χ4v) is 5.17. The molecule has 0 aromatic heterocycles. The first-order valence-corrected chi connectivity index (χ1v) is 14.9. The van der Waals surface area contributed by atoms with Crippen molar-refractivity contribution in [2.45, 2.75) is 37.8 Å². The van der Waals surface area contributed by atoms with E-state index < -0.39 is 11.8 Å². The molecule has 43 heavy (non-hydrogen) atoms. The molecular weight excluding hydrogens is 558 g/mol. The van der Waals surface area contributed by atoms with Crippen molar-refractivity contribution in [2.24, 2.45) is 0 Å². The molecule has 0 aliphatic carbocycles. The summed E-state index contributed by atoms with van der Waals surface area (Å²) in [5, 5.41) is 8.26. The average molecular weight is 594 g/mol. The van der Waals surface area contributed by atoms with Crippen LogP contribution in [0.15, 0.2) is 108 Å². The van der Waals surface area contributed by atoms with E-state index in [0.717, 1.165) is 27.3 Å². The van der Waals surface area contributed by atoms with Crippen molar-refractivity contribution in [1.29, 1.82) is 0 Å². The molecule has 0 aliphatic rings. The van der Waals surface area contributed by atoms with E-state index in [2.05, 4.69) is 22.0 Å². The standard InChI is InChI=1S/C35H35N3O4S/c1-5-42-30-15-11-26(12-16-30)22-32(38-34(40)27-9-7-6-8-10-27)35(41)36-28-13-17-31(18-14-28)43-25(4)33(39)37-29-20-23(2)19-24(3)21-29/h6-22,25H,5H2,1-4H3,(H,36,41)(H,37,39)(H,38,40)/b32-22-. The van der Waals surface area contributed by atoms with Gasteiger partial charge in [0.25, 0.3) is 11.8 Å². The van der Waals surface area contributed by atoms with E-state index in [9.17, 15) is 14.4 Å². The minimum absolute atomic E-state index is 0.0909. The third kappa shape index (κ3) is 9.34. The number of carbonyl (C=O) groups is 3. The molecule has 3 amide bonds. The zero-order valence-corrected chi connectivity index (χ0v) is 25.5. The molecule has 3 N–H and O–H groups in total. The summed E-state index contributed by atoms with van der Waals surface area (Å²) in [6, 6.07) is 29.1. The lowest BCUT2D eigenvalue weighted by molar-refractivity contribution is -0.115. The molecule has 0 saturated heterocycles. The van der Waals surface area contributed by atoms with Crippen molar-refractivity contribution in [3.8, 4) is 5.75 Å². The van der Waals surface area contributed by atoms with Gasteiger partial charge in [0, 0.05) is 21.8 Å². The molecule has 1 atom stereocenters. The predicted octanol–water partition coefficient (Wildman–Crippen LogP) is 7.23. The van der Waals surface area contributed by atoms with Gasteiger partial charge in [-0.15, -0.1) is 11.8 Å². The minimum atomic E-state index is -0.472. The molecule has 8 heteroatoms. The lowest BCUT2D eigenvalue weighted by Crippen LogP contribution is -2.30. The number of thioether (sulfide) groups is 1. The van der Waals surface area contributed by atoms with E-state index in [1.807, 2.05) is 82.3 Å². The van der Waals surface area contributed by atoms with Crippen LogP contribution in [-0.4, -0.2) is 29.6 Å². The lowest BCUT2D eigenvalue weighted by Gasteiger charge is -2.14. The normalized spacial score (nSPS) is 11.8. The topological polar surface area (TPSA) is 96.5 Å². The smallest absolute Gasteiger partial charge is 0.272 e. The molecule has 0 fully saturated rings. The number of ether oxygens (including phenoxy) is 1. The number of rotatable bonds is 11. The third-order valence-corrected chi connectivity index (χ3v) is 7.43. The molecule has 220 valence electrons. The Balaban J connectivity index is 1.43. The van der Waals surface area contributed by atoms with Crippen molar-refractivity contribution < 1.29 is 19.1 Å². The predicted molar refractivity (Wildman–Crippen MR) is 174 cm³/mol. The van der Waals surface area contributed by atoms with Gasteiger partial charge >= 0.3 is 0 Å². The van der Waals surface area contributed by atoms with Gasteiger partial charge in [0.2, 0.25) is 5.91 Å². The van der Waals surface area contributed by atoms with Gasteiger partial charge in [-0.05, 0) is 111 Å². The van der Waals surface area contributed by atoms with Crippen LogP contribution >= 0.6 is 11.8 Å². The molecule has 0 spiro atoms. The number of amides is 3. The van der Waals surface area contributed by atoms with Gasteiger partial charge in [-0.3, -0.25) is 14.4 Å². The van der Waals surface area contributed by atoms with Crippen LogP contribution < -0.4 is 20.7 Å². The maximum absolute atomic E-state index is 13.3. The highest BCUT2D eigenvalue weighted by Gasteiger charge is 2.17. The largest absolute Gasteiger partial charge is 0.494 e. The van der Waals surface area contributed by atoms with Crippen LogP contribution in [0.2, 0.25) is 0 Å². The summed E-state index contributed by atoms with van der Waals surface area (Å²) in [6.07, 6.45) is 1.62. The van der Waals surface area contributed by atoms with E-state index in [4.69, 9.17) is 4.74 Å². The highest BCUT2D eigenvalue weighted by atomic mass is 32.2. The van der Waals surface area contributed by atoms with Crippen molar-refractivity contribution in [3.63, 3.8) is 0 Å². The van der Waals surface area contributed by atoms with E-state index >= 15 is 0 Å². The Labute approximate surface area is 256 Å². The summed E-state index contributed by atoms with van der Waals surface area (Å²) in [4.78, 5) is 39.9. The number of aryl methyl sites for hydroxylation is 2. The zero-order chi connectivity index (χ0) is 30.8. The van der Waals surface area contributed by atoms with Gasteiger partial charge in [0.1, 0.15) is 11.4 Å². The summed E-state index contributed by atoms with van der Waals surface area (Å²) in [5.41, 5.74) is 4.75. The number of anilines is 2. The molecule has 4 aromatic rings. The number of nitrogens with one attached hydrogen (secondary N) is 3. The van der Waals surface area contributed by atoms with Gasteiger partial charge < -0.3 is 20.7 Å². The Bertz CT molecular complexity index is 1580. The van der Waals surface area contributed by atoms with Crippen LogP contribution in [0.25, 0.3) is 6.08 Å². The van der Waals surface area contributed by atoms with Gasteiger partial charge in [0.05, 0.1) is 11.9 Å². The van der Waals surface area contributed by atoms with Crippen molar-refractivity contribution in [2.75, 3.05) is 17.2 Å². The van der Waals surface area contributed by atoms with Crippen LogP contribution in [-0.2, 0) is 9.59 Å². The van der Waals surface area contributed by atoms with E-state index in [1.165, 1.54) is 11.8 Å². The molecular formula is C35H35N3O4S. The summed E-state index contributed by atoms with van der Waals surface area (Å²) in [6.45, 7) is 8.30. The van der Waals surface area contributed by atoms with Crippen LogP contribution in [0.3, 0.4) is 0 Å². The number of benzene rings is 4. The molecule has 0 bridgehead atoms. The van der Waals surface area contributed by atoms with Crippen molar-refractivity contribution >= 4 is 46.9 Å². The maximum atomic E-state index is 13.3. The first kappa shape index (κ1) is 31.1. The quantitative estimate of drug-likeness (QED) is 0.126. The Morgan fingerprint density at radius 3 is 2.09 bits per heavy atom. The summed E-state index contributed by atoms with van der Waals surface area (Å²) in [5.74, 6) is -0.243. The van der Waals surface area contributed by atoms with Crippen molar-refractivity contribution in [1.82, 2.24) is 5.32 Å². The van der Waals surface area contributed by atoms with Crippen LogP contribution in [0.4, 0.5) is 11.4 Å². The molecule has 0 radical (unpaired) electrons. The van der Waals surface area contributed by atoms with E-state index in [1.54, 1.807) is 42.5 Å². The maximum Gasteiger partial charge on any atom is 0.272 e. The Morgan fingerprint density at radius 1 is 0.814 bits per heavy atom. The van der Waals surface area contributed by atoms with E-state index in [-0.39, 0.29) is 16.9 Å². The van der Waals surface area contributed by atoms with Gasteiger partial charge in [0.15, 0.2) is 0 Å². The van der Waals surface area contributed by atoms with Gasteiger partial charge in [-0.2, -0.15) is 0 Å². The second-order valence-electron chi connectivity index (χ2n) is 9.98. The zero-order valence-electron chi connectivity index (χ0n) is 24.6. The fraction of sp³-hybridized carbons (Fsp3) is 0.171. The number of carbonyl (C=O) groups excluding carboxylic acids is 3. The average Bonchev–Trinajstić information content (AvgIpc) is 2.98. The highest BCUT2D eigenvalue weighted by Crippen LogP contribution is 2.26. The summed E-state index contributed by atoms with van der Waals surface area (Å²) in [7, 11) is 0. The first-order chi connectivity index (χ1) is 20.7. The van der Waals surface area contributed by atoms with Crippen molar-refractivity contribution in [3.05, 3.63) is 125 Å². The molecule has 4 rings (SSSR count). The first-order valence-electron chi connectivity index (χ1n) is 14.0. The van der Waals surface area contributed by atoms with Crippen LogP contribution in [0.1, 0.15) is 40.9 Å². The minimum Gasteiger partial charge on any atom is -0.494 e. The summed E-state index contributed by atoms with van der Waals surface area (Å²) < 4.78 is 5.50. The SMILES string of the molecule is CCOc1ccc(/C=C(\NC(=O)c2ccccc2)C(=O)Nc2ccc(SC(C)C(=O)Nc3cc(C)cc(C)c3)cc2)cc1. The molecule has 1 unspecified atom stereocenters. The van der Waals surface area contributed by atoms with Crippen LogP contribution in [0.5, 0.6) is 5.75 Å². The molecule has 4 aromatic carbocycles. The molecule has 7 nitrogen and oxygen atoms in total. The van der Waals surface area contributed by atoms with Crippen LogP contribution in [0, 0.1) is 13.8 Å². The van der Waals surface area contributed by atoms with Gasteiger partial charge in [-0.1, -0.05) is 36.4 Å². The Morgan fingerprint density at radius 2 is 1.47 bits per heavy atom. The lowest BCUT2D eigenvalue weighted by atomic mass is 10.1. The number of hydrogen-bond acceptors (Lipinski definition) is 5. The fourth-order valence-electron chi connectivity index (χ4n) is 4.30. The Kier molecular flexibility index (Phi) is 10.8. The number of hydrogen-bond donors (Lipinski definition) is 3. The third-order valence-electron chi connectivity index (χ3n) is 6.31. The second-order valence-corrected chi connectivity index (χ2v) is 11.4. The summed E-state index contributed by atoms with van der Waals surface area (Å²) >= 11 is 1.42. The van der Waals surface area contributed by atoms with E-state index in [0.29, 0.717) is 23.6 Å².